The molecule has 2 rings (SSSR count). The minimum Gasteiger partial charge on any atom is -0.374 e. The molecule has 3 N–H and O–H groups in total. The Morgan fingerprint density at radius 3 is 2.70 bits per heavy atom. The van der Waals surface area contributed by atoms with Gasteiger partial charge in [0.05, 0.1) is 16.9 Å². The monoisotopic (exact) mass is 276 g/mol. The van der Waals surface area contributed by atoms with Gasteiger partial charge in [0.15, 0.2) is 0 Å². The molecule has 5 heteroatoms. The summed E-state index contributed by atoms with van der Waals surface area (Å²) in [5.74, 6) is 0.262. The molecule has 1 aliphatic heterocycles. The van der Waals surface area contributed by atoms with Crippen LogP contribution in [0.4, 0.5) is 5.69 Å². The highest BCUT2D eigenvalue weighted by Crippen LogP contribution is 2.25. The average molecular weight is 276 g/mol. The van der Waals surface area contributed by atoms with E-state index in [0.29, 0.717) is 17.2 Å². The van der Waals surface area contributed by atoms with E-state index in [0.717, 1.165) is 31.0 Å². The standard InChI is InChI=1S/C15H24N4O/c1-10-8-13(14(15(16)20)11(2)18-10)19(3)9-12-4-6-17-7-5-12/h8,12,17H,4-7,9H2,1-3H3,(H2,16,20). The molecule has 0 saturated carbocycles. The molecule has 0 atom stereocenters. The van der Waals surface area contributed by atoms with Crippen LogP contribution in [0.15, 0.2) is 6.07 Å². The van der Waals surface area contributed by atoms with Crippen LogP contribution in [0.2, 0.25) is 0 Å². The summed E-state index contributed by atoms with van der Waals surface area (Å²) in [6.07, 6.45) is 2.36. The molecule has 0 radical (unpaired) electrons. The van der Waals surface area contributed by atoms with Crippen molar-refractivity contribution in [3.05, 3.63) is 23.0 Å². The number of hydrogen-bond acceptors (Lipinski definition) is 4. The lowest BCUT2D eigenvalue weighted by Gasteiger charge is -2.30. The highest BCUT2D eigenvalue weighted by molar-refractivity contribution is 5.99. The second-order valence-corrected chi connectivity index (χ2v) is 5.68. The molecule has 0 spiro atoms. The molecule has 0 aliphatic carbocycles. The van der Waals surface area contributed by atoms with Crippen molar-refractivity contribution in [1.82, 2.24) is 10.3 Å². The summed E-state index contributed by atoms with van der Waals surface area (Å²) in [4.78, 5) is 18.2. The molecular formula is C15H24N4O. The maximum atomic E-state index is 11.7. The summed E-state index contributed by atoms with van der Waals surface area (Å²) in [5, 5.41) is 3.37. The van der Waals surface area contributed by atoms with Crippen molar-refractivity contribution in [2.24, 2.45) is 11.7 Å². The molecule has 2 heterocycles. The van der Waals surface area contributed by atoms with E-state index in [2.05, 4.69) is 15.2 Å². The number of hydrogen-bond donors (Lipinski definition) is 2. The van der Waals surface area contributed by atoms with Crippen molar-refractivity contribution in [2.45, 2.75) is 26.7 Å². The van der Waals surface area contributed by atoms with Crippen molar-refractivity contribution >= 4 is 11.6 Å². The Labute approximate surface area is 120 Å². The highest BCUT2D eigenvalue weighted by Gasteiger charge is 2.20. The van der Waals surface area contributed by atoms with Gasteiger partial charge in [0, 0.05) is 19.3 Å². The van der Waals surface area contributed by atoms with Crippen LogP contribution in [-0.2, 0) is 0 Å². The van der Waals surface area contributed by atoms with E-state index in [1.165, 1.54) is 12.8 Å². The number of amides is 1. The highest BCUT2D eigenvalue weighted by atomic mass is 16.1. The molecule has 1 fully saturated rings. The van der Waals surface area contributed by atoms with Crippen LogP contribution >= 0.6 is 0 Å². The van der Waals surface area contributed by atoms with Gasteiger partial charge in [0.25, 0.3) is 5.91 Å². The molecule has 1 aromatic rings. The van der Waals surface area contributed by atoms with Gasteiger partial charge in [-0.3, -0.25) is 9.78 Å². The number of nitrogens with zero attached hydrogens (tertiary/aromatic N) is 2. The van der Waals surface area contributed by atoms with E-state index in [1.807, 2.05) is 27.0 Å². The third-order valence-corrected chi connectivity index (χ3v) is 3.96. The van der Waals surface area contributed by atoms with Gasteiger partial charge >= 0.3 is 0 Å². The Morgan fingerprint density at radius 2 is 2.10 bits per heavy atom. The zero-order valence-corrected chi connectivity index (χ0v) is 12.6. The first-order valence-electron chi connectivity index (χ1n) is 7.19. The molecule has 0 aromatic carbocycles. The number of pyridine rings is 1. The lowest BCUT2D eigenvalue weighted by molar-refractivity contribution is 0.0999. The van der Waals surface area contributed by atoms with Gasteiger partial charge in [0.1, 0.15) is 0 Å². The number of primary amides is 1. The SMILES string of the molecule is Cc1cc(N(C)CC2CCNCC2)c(C(N)=O)c(C)n1. The predicted octanol–water partition coefficient (Wildman–Crippen LogP) is 1.23. The van der Waals surface area contributed by atoms with Crippen molar-refractivity contribution in [2.75, 3.05) is 31.6 Å². The third kappa shape index (κ3) is 3.28. The molecule has 20 heavy (non-hydrogen) atoms. The predicted molar refractivity (Wildman–Crippen MR) is 81.1 cm³/mol. The van der Waals surface area contributed by atoms with Crippen molar-refractivity contribution in [3.8, 4) is 0 Å². The second-order valence-electron chi connectivity index (χ2n) is 5.68. The number of aromatic nitrogens is 1. The topological polar surface area (TPSA) is 71.2 Å². The fraction of sp³-hybridized carbons (Fsp3) is 0.600. The average Bonchev–Trinajstić information content (AvgIpc) is 2.38. The van der Waals surface area contributed by atoms with E-state index < -0.39 is 5.91 Å². The van der Waals surface area contributed by atoms with Gasteiger partial charge < -0.3 is 16.0 Å². The van der Waals surface area contributed by atoms with E-state index in [4.69, 9.17) is 5.73 Å². The summed E-state index contributed by atoms with van der Waals surface area (Å²) in [7, 11) is 2.03. The Hall–Kier alpha value is -1.62. The molecule has 1 aliphatic rings. The molecule has 1 saturated heterocycles. The van der Waals surface area contributed by atoms with E-state index in [9.17, 15) is 4.79 Å². The fourth-order valence-electron chi connectivity index (χ4n) is 2.96. The number of anilines is 1. The number of piperidine rings is 1. The molecule has 5 nitrogen and oxygen atoms in total. The van der Waals surface area contributed by atoms with Gasteiger partial charge in [-0.15, -0.1) is 0 Å². The molecule has 0 unspecified atom stereocenters. The zero-order valence-electron chi connectivity index (χ0n) is 12.6. The van der Waals surface area contributed by atoms with Crippen LogP contribution in [0, 0.1) is 19.8 Å². The largest absolute Gasteiger partial charge is 0.374 e. The van der Waals surface area contributed by atoms with Gasteiger partial charge in [-0.2, -0.15) is 0 Å². The summed E-state index contributed by atoms with van der Waals surface area (Å²) in [6, 6.07) is 1.95. The summed E-state index contributed by atoms with van der Waals surface area (Å²) in [5.41, 5.74) is 8.60. The Kier molecular flexibility index (Phi) is 4.60. The number of rotatable bonds is 4. The fourth-order valence-corrected chi connectivity index (χ4v) is 2.96. The minimum absolute atomic E-state index is 0.401. The van der Waals surface area contributed by atoms with E-state index >= 15 is 0 Å². The maximum absolute atomic E-state index is 11.7. The molecule has 0 bridgehead atoms. The molecular weight excluding hydrogens is 252 g/mol. The summed E-state index contributed by atoms with van der Waals surface area (Å²) in [6.45, 7) is 6.89. The molecule has 1 amide bonds. The second kappa shape index (κ2) is 6.22. The number of aryl methyl sites for hydroxylation is 2. The first-order chi connectivity index (χ1) is 9.49. The quantitative estimate of drug-likeness (QED) is 0.868. The van der Waals surface area contributed by atoms with Gasteiger partial charge in [-0.05, 0) is 51.8 Å². The number of nitrogens with one attached hydrogen (secondary N) is 1. The summed E-state index contributed by atoms with van der Waals surface area (Å²) < 4.78 is 0. The minimum atomic E-state index is -0.401. The van der Waals surface area contributed by atoms with Crippen molar-refractivity contribution in [3.63, 3.8) is 0 Å². The van der Waals surface area contributed by atoms with Crippen LogP contribution in [0.3, 0.4) is 0 Å². The van der Waals surface area contributed by atoms with Gasteiger partial charge in [0.2, 0.25) is 0 Å². The van der Waals surface area contributed by atoms with Gasteiger partial charge in [-0.25, -0.2) is 0 Å². The van der Waals surface area contributed by atoms with Crippen LogP contribution in [-0.4, -0.2) is 37.6 Å². The smallest absolute Gasteiger partial charge is 0.252 e. The summed E-state index contributed by atoms with van der Waals surface area (Å²) >= 11 is 0. The number of nitrogens with two attached hydrogens (primary N) is 1. The van der Waals surface area contributed by atoms with E-state index in [-0.39, 0.29) is 0 Å². The van der Waals surface area contributed by atoms with Crippen molar-refractivity contribution in [1.29, 1.82) is 0 Å². The normalized spacial score (nSPS) is 16.1. The first-order valence-corrected chi connectivity index (χ1v) is 7.19. The van der Waals surface area contributed by atoms with Crippen molar-refractivity contribution < 1.29 is 4.79 Å². The van der Waals surface area contributed by atoms with Gasteiger partial charge in [-0.1, -0.05) is 0 Å². The molecule has 110 valence electrons. The van der Waals surface area contributed by atoms with Crippen LogP contribution in [0.25, 0.3) is 0 Å². The number of carbonyl (C=O) groups is 1. The van der Waals surface area contributed by atoms with Crippen LogP contribution in [0.5, 0.6) is 0 Å². The van der Waals surface area contributed by atoms with Crippen LogP contribution in [0.1, 0.15) is 34.6 Å². The molecule has 1 aromatic heterocycles. The lowest BCUT2D eigenvalue weighted by atomic mass is 9.97. The third-order valence-electron chi connectivity index (χ3n) is 3.96. The lowest BCUT2D eigenvalue weighted by Crippen LogP contribution is -2.35. The zero-order chi connectivity index (χ0) is 14.7. The number of carbonyl (C=O) groups excluding carboxylic acids is 1. The van der Waals surface area contributed by atoms with Crippen LogP contribution < -0.4 is 16.0 Å². The Morgan fingerprint density at radius 1 is 1.45 bits per heavy atom. The van der Waals surface area contributed by atoms with E-state index in [1.54, 1.807) is 0 Å². The Bertz CT molecular complexity index is 495. The Balaban J connectivity index is 2.23. The maximum Gasteiger partial charge on any atom is 0.252 e. The first kappa shape index (κ1) is 14.8.